The number of nitrogens with zero attached hydrogens (tertiary/aromatic N) is 2. The Labute approximate surface area is 128 Å². The molecule has 0 radical (unpaired) electrons. The Morgan fingerprint density at radius 2 is 2.10 bits per heavy atom. The van der Waals surface area contributed by atoms with Crippen LogP contribution in [0.15, 0.2) is 36.5 Å². The molecule has 1 aromatic carbocycles. The van der Waals surface area contributed by atoms with E-state index < -0.39 is 0 Å². The van der Waals surface area contributed by atoms with Crippen molar-refractivity contribution in [3.8, 4) is 5.75 Å². The van der Waals surface area contributed by atoms with Gasteiger partial charge >= 0.3 is 0 Å². The highest BCUT2D eigenvalue weighted by Crippen LogP contribution is 2.15. The number of nitrogens with one attached hydrogen (secondary N) is 1. The second-order valence-electron chi connectivity index (χ2n) is 5.13. The van der Waals surface area contributed by atoms with Crippen LogP contribution in [-0.2, 0) is 6.54 Å². The lowest BCUT2D eigenvalue weighted by Gasteiger charge is -2.08. The topological polar surface area (TPSA) is 42.8 Å². The Morgan fingerprint density at radius 3 is 2.90 bits per heavy atom. The van der Waals surface area contributed by atoms with Gasteiger partial charge in [0, 0.05) is 6.20 Å². The third-order valence-electron chi connectivity index (χ3n) is 3.32. The van der Waals surface area contributed by atoms with E-state index in [1.165, 1.54) is 5.56 Å². The summed E-state index contributed by atoms with van der Waals surface area (Å²) in [5, 5.41) is 0. The van der Waals surface area contributed by atoms with Crippen LogP contribution in [0.1, 0.15) is 11.1 Å². The second kappa shape index (κ2) is 5.69. The number of H-pyrrole nitrogens is 1. The van der Waals surface area contributed by atoms with E-state index in [0.29, 0.717) is 17.9 Å². The Hall–Kier alpha value is -2.14. The van der Waals surface area contributed by atoms with Gasteiger partial charge in [0.2, 0.25) is 0 Å². The second-order valence-corrected chi connectivity index (χ2v) is 5.52. The summed E-state index contributed by atoms with van der Waals surface area (Å²) < 4.78 is 8.43. The first-order valence-electron chi connectivity index (χ1n) is 6.88. The number of hydrogen-bond donors (Lipinski definition) is 1. The molecule has 108 valence electrons. The Balaban J connectivity index is 1.76. The van der Waals surface area contributed by atoms with Gasteiger partial charge in [-0.1, -0.05) is 12.1 Å². The van der Waals surface area contributed by atoms with E-state index in [1.807, 2.05) is 35.9 Å². The zero-order valence-electron chi connectivity index (χ0n) is 12.1. The maximum atomic E-state index is 5.78. The Bertz CT molecular complexity index is 835. The molecule has 0 unspecified atom stereocenters. The molecule has 2 aromatic heterocycles. The highest BCUT2D eigenvalue weighted by Gasteiger charge is 2.06. The third-order valence-corrected chi connectivity index (χ3v) is 3.64. The number of aromatic amines is 1. The van der Waals surface area contributed by atoms with E-state index in [0.717, 1.165) is 22.5 Å². The lowest BCUT2D eigenvalue weighted by Crippen LogP contribution is -2.08. The average Bonchev–Trinajstić information content (AvgIpc) is 2.74. The van der Waals surface area contributed by atoms with Crippen molar-refractivity contribution in [3.63, 3.8) is 0 Å². The molecule has 4 nitrogen and oxygen atoms in total. The number of rotatable bonds is 4. The summed E-state index contributed by atoms with van der Waals surface area (Å²) >= 11 is 5.36. The monoisotopic (exact) mass is 299 g/mol. The highest BCUT2D eigenvalue weighted by molar-refractivity contribution is 7.71. The quantitative estimate of drug-likeness (QED) is 0.745. The first-order chi connectivity index (χ1) is 10.1. The van der Waals surface area contributed by atoms with Crippen LogP contribution in [0.2, 0.25) is 0 Å². The van der Waals surface area contributed by atoms with Crippen molar-refractivity contribution in [2.45, 2.75) is 20.4 Å². The molecule has 0 aliphatic carbocycles. The standard InChI is InChI=1S/C16H17N3OS/c1-11-4-3-5-13(8-11)20-7-6-19-15-14(18-16(19)21)9-12(2)10-17-15/h3-5,8-10H,6-7H2,1-2H3,(H,18,21). The first kappa shape index (κ1) is 13.8. The number of aryl methyl sites for hydroxylation is 2. The van der Waals surface area contributed by atoms with Crippen molar-refractivity contribution >= 4 is 23.4 Å². The van der Waals surface area contributed by atoms with Crippen molar-refractivity contribution in [2.24, 2.45) is 0 Å². The van der Waals surface area contributed by atoms with E-state index in [2.05, 4.69) is 29.0 Å². The van der Waals surface area contributed by atoms with Crippen LogP contribution in [0.3, 0.4) is 0 Å². The predicted molar refractivity (Wildman–Crippen MR) is 86.3 cm³/mol. The molecule has 0 atom stereocenters. The summed E-state index contributed by atoms with van der Waals surface area (Å²) in [5.41, 5.74) is 4.14. The number of pyridine rings is 1. The van der Waals surface area contributed by atoms with Gasteiger partial charge in [0.1, 0.15) is 12.4 Å². The normalized spacial score (nSPS) is 11.0. The van der Waals surface area contributed by atoms with Crippen molar-refractivity contribution in [3.05, 3.63) is 52.4 Å². The average molecular weight is 299 g/mol. The smallest absolute Gasteiger partial charge is 0.179 e. The predicted octanol–water partition coefficient (Wildman–Crippen LogP) is 3.79. The molecular weight excluding hydrogens is 282 g/mol. The van der Waals surface area contributed by atoms with Crippen LogP contribution in [0.25, 0.3) is 11.2 Å². The third kappa shape index (κ3) is 2.97. The lowest BCUT2D eigenvalue weighted by atomic mass is 10.2. The number of ether oxygens (including phenoxy) is 1. The molecule has 5 heteroatoms. The highest BCUT2D eigenvalue weighted by atomic mass is 32.1. The maximum Gasteiger partial charge on any atom is 0.179 e. The molecule has 0 spiro atoms. The number of imidazole rings is 1. The summed E-state index contributed by atoms with van der Waals surface area (Å²) in [5.74, 6) is 0.880. The minimum Gasteiger partial charge on any atom is -0.492 e. The molecule has 3 rings (SSSR count). The fourth-order valence-electron chi connectivity index (χ4n) is 2.32. The van der Waals surface area contributed by atoms with Crippen LogP contribution >= 0.6 is 12.2 Å². The molecule has 0 fully saturated rings. The molecule has 0 amide bonds. The molecular formula is C16H17N3OS. The minimum atomic E-state index is 0.556. The Kier molecular flexibility index (Phi) is 3.75. The zero-order chi connectivity index (χ0) is 14.8. The van der Waals surface area contributed by atoms with E-state index in [9.17, 15) is 0 Å². The van der Waals surface area contributed by atoms with Gasteiger partial charge in [-0.05, 0) is 55.4 Å². The Morgan fingerprint density at radius 1 is 1.24 bits per heavy atom. The van der Waals surface area contributed by atoms with Gasteiger partial charge < -0.3 is 9.72 Å². The molecule has 0 aliphatic rings. The van der Waals surface area contributed by atoms with Gasteiger partial charge in [-0.2, -0.15) is 0 Å². The van der Waals surface area contributed by atoms with Crippen molar-refractivity contribution in [1.82, 2.24) is 14.5 Å². The van der Waals surface area contributed by atoms with E-state index in [-0.39, 0.29) is 0 Å². The van der Waals surface area contributed by atoms with Crippen LogP contribution in [0.4, 0.5) is 0 Å². The molecule has 21 heavy (non-hydrogen) atoms. The summed E-state index contributed by atoms with van der Waals surface area (Å²) in [6.45, 7) is 5.29. The molecule has 0 saturated heterocycles. The molecule has 0 bridgehead atoms. The molecule has 0 saturated carbocycles. The van der Waals surface area contributed by atoms with Crippen molar-refractivity contribution < 1.29 is 4.74 Å². The fourth-order valence-corrected chi connectivity index (χ4v) is 2.60. The number of hydrogen-bond acceptors (Lipinski definition) is 3. The molecule has 2 heterocycles. The summed E-state index contributed by atoms with van der Waals surface area (Å²) in [4.78, 5) is 7.64. The fraction of sp³-hybridized carbons (Fsp3) is 0.250. The number of aromatic nitrogens is 3. The minimum absolute atomic E-state index is 0.556. The number of benzene rings is 1. The lowest BCUT2D eigenvalue weighted by molar-refractivity contribution is 0.299. The van der Waals surface area contributed by atoms with Crippen LogP contribution in [0, 0.1) is 18.6 Å². The van der Waals surface area contributed by atoms with Crippen molar-refractivity contribution in [2.75, 3.05) is 6.61 Å². The number of fused-ring (bicyclic) bond motifs is 1. The van der Waals surface area contributed by atoms with Gasteiger partial charge in [0.05, 0.1) is 12.1 Å². The van der Waals surface area contributed by atoms with Gasteiger partial charge in [-0.3, -0.25) is 4.57 Å². The van der Waals surface area contributed by atoms with Gasteiger partial charge in [0.25, 0.3) is 0 Å². The van der Waals surface area contributed by atoms with Crippen molar-refractivity contribution in [1.29, 1.82) is 0 Å². The maximum absolute atomic E-state index is 5.78. The SMILES string of the molecule is Cc1cccc(OCCn2c(=S)[nH]c3cc(C)cnc32)c1. The van der Waals surface area contributed by atoms with Gasteiger partial charge in [0.15, 0.2) is 10.4 Å². The summed E-state index contributed by atoms with van der Waals surface area (Å²) in [7, 11) is 0. The van der Waals surface area contributed by atoms with E-state index >= 15 is 0 Å². The van der Waals surface area contributed by atoms with Gasteiger partial charge in [-0.25, -0.2) is 4.98 Å². The van der Waals surface area contributed by atoms with Crippen LogP contribution in [0.5, 0.6) is 5.75 Å². The molecule has 0 aliphatic heterocycles. The molecule has 3 aromatic rings. The summed E-state index contributed by atoms with van der Waals surface area (Å²) in [6.07, 6.45) is 1.85. The summed E-state index contributed by atoms with van der Waals surface area (Å²) in [6, 6.07) is 10.1. The zero-order valence-corrected chi connectivity index (χ0v) is 12.9. The van der Waals surface area contributed by atoms with Crippen LogP contribution < -0.4 is 4.74 Å². The van der Waals surface area contributed by atoms with Crippen LogP contribution in [-0.4, -0.2) is 21.1 Å². The van der Waals surface area contributed by atoms with E-state index in [1.54, 1.807) is 0 Å². The first-order valence-corrected chi connectivity index (χ1v) is 7.29. The largest absolute Gasteiger partial charge is 0.492 e. The van der Waals surface area contributed by atoms with Gasteiger partial charge in [-0.15, -0.1) is 0 Å². The van der Waals surface area contributed by atoms with E-state index in [4.69, 9.17) is 17.0 Å². The molecule has 1 N–H and O–H groups in total.